The second-order valence-corrected chi connectivity index (χ2v) is 4.75. The van der Waals surface area contributed by atoms with Crippen molar-refractivity contribution in [3.8, 4) is 0 Å². The van der Waals surface area contributed by atoms with E-state index in [0.717, 1.165) is 26.1 Å². The number of carbonyl (C=O) groups excluding carboxylic acids is 1. The van der Waals surface area contributed by atoms with Crippen LogP contribution in [0.5, 0.6) is 0 Å². The zero-order valence-electron chi connectivity index (χ0n) is 12.5. The fourth-order valence-electron chi connectivity index (χ4n) is 1.52. The average Bonchev–Trinajstić information content (AvgIpc) is 2.34. The molecule has 0 saturated carbocycles. The first-order valence-electron chi connectivity index (χ1n) is 6.82. The van der Waals surface area contributed by atoms with Crippen molar-refractivity contribution in [3.05, 3.63) is 0 Å². The van der Waals surface area contributed by atoms with Gasteiger partial charge in [0.1, 0.15) is 6.10 Å². The van der Waals surface area contributed by atoms with Gasteiger partial charge in [0.25, 0.3) is 0 Å². The number of carbonyl (C=O) groups is 1. The molecule has 0 spiro atoms. The molecule has 0 aliphatic carbocycles. The molecule has 5 heteroatoms. The SMILES string of the molecule is CCN(CC)CCCN(C)C(=O)OC(C)C(C)N. The Morgan fingerprint density at radius 3 is 2.22 bits per heavy atom. The minimum Gasteiger partial charge on any atom is -0.445 e. The third-order valence-corrected chi connectivity index (χ3v) is 3.20. The van der Waals surface area contributed by atoms with E-state index in [1.54, 1.807) is 11.9 Å². The first-order chi connectivity index (χ1) is 8.42. The van der Waals surface area contributed by atoms with Crippen molar-refractivity contribution in [2.75, 3.05) is 33.2 Å². The highest BCUT2D eigenvalue weighted by Gasteiger charge is 2.16. The number of rotatable bonds is 8. The van der Waals surface area contributed by atoms with Gasteiger partial charge >= 0.3 is 6.09 Å². The smallest absolute Gasteiger partial charge is 0.409 e. The molecule has 18 heavy (non-hydrogen) atoms. The van der Waals surface area contributed by atoms with E-state index in [4.69, 9.17) is 10.5 Å². The summed E-state index contributed by atoms with van der Waals surface area (Å²) in [4.78, 5) is 15.7. The van der Waals surface area contributed by atoms with Crippen molar-refractivity contribution in [3.63, 3.8) is 0 Å². The van der Waals surface area contributed by atoms with Gasteiger partial charge in [-0.3, -0.25) is 0 Å². The Kier molecular flexibility index (Phi) is 8.75. The summed E-state index contributed by atoms with van der Waals surface area (Å²) in [5, 5.41) is 0. The largest absolute Gasteiger partial charge is 0.445 e. The maximum absolute atomic E-state index is 11.7. The van der Waals surface area contributed by atoms with Gasteiger partial charge in [-0.2, -0.15) is 0 Å². The van der Waals surface area contributed by atoms with Crippen molar-refractivity contribution >= 4 is 6.09 Å². The number of nitrogens with two attached hydrogens (primary N) is 1. The van der Waals surface area contributed by atoms with Gasteiger partial charge in [0.05, 0.1) is 0 Å². The lowest BCUT2D eigenvalue weighted by molar-refractivity contribution is 0.0669. The first kappa shape index (κ1) is 17.2. The lowest BCUT2D eigenvalue weighted by Gasteiger charge is -2.23. The van der Waals surface area contributed by atoms with E-state index >= 15 is 0 Å². The molecule has 0 bridgehead atoms. The molecule has 0 aromatic heterocycles. The molecule has 108 valence electrons. The number of hydrogen-bond donors (Lipinski definition) is 1. The third-order valence-electron chi connectivity index (χ3n) is 3.20. The van der Waals surface area contributed by atoms with Crippen LogP contribution in [0.3, 0.4) is 0 Å². The van der Waals surface area contributed by atoms with Gasteiger partial charge in [-0.15, -0.1) is 0 Å². The van der Waals surface area contributed by atoms with Crippen molar-refractivity contribution in [1.29, 1.82) is 0 Å². The standard InChI is InChI=1S/C13H29N3O2/c1-6-16(7-2)10-8-9-15(5)13(17)18-12(4)11(3)14/h11-12H,6-10,14H2,1-5H3. The molecule has 2 unspecified atom stereocenters. The Morgan fingerprint density at radius 1 is 1.22 bits per heavy atom. The molecule has 0 aromatic carbocycles. The predicted molar refractivity (Wildman–Crippen MR) is 74.6 cm³/mol. The normalized spacial score (nSPS) is 14.4. The summed E-state index contributed by atoms with van der Waals surface area (Å²) in [5.41, 5.74) is 5.66. The zero-order valence-corrected chi connectivity index (χ0v) is 12.5. The van der Waals surface area contributed by atoms with Gasteiger partial charge in [0, 0.05) is 19.6 Å². The molecule has 1 amide bonds. The predicted octanol–water partition coefficient (Wildman–Crippen LogP) is 1.52. The van der Waals surface area contributed by atoms with Crippen LogP contribution in [0, 0.1) is 0 Å². The molecule has 0 rings (SSSR count). The molecular weight excluding hydrogens is 230 g/mol. The van der Waals surface area contributed by atoms with E-state index in [1.807, 2.05) is 13.8 Å². The summed E-state index contributed by atoms with van der Waals surface area (Å²) < 4.78 is 5.23. The molecule has 0 aromatic rings. The molecule has 0 fully saturated rings. The van der Waals surface area contributed by atoms with Crippen LogP contribution in [-0.2, 0) is 4.74 Å². The molecule has 0 radical (unpaired) electrons. The highest BCUT2D eigenvalue weighted by molar-refractivity contribution is 5.67. The monoisotopic (exact) mass is 259 g/mol. The van der Waals surface area contributed by atoms with Crippen LogP contribution in [0.1, 0.15) is 34.1 Å². The zero-order chi connectivity index (χ0) is 14.1. The number of nitrogens with zero attached hydrogens (tertiary/aromatic N) is 2. The van der Waals surface area contributed by atoms with Crippen LogP contribution in [0.25, 0.3) is 0 Å². The Balaban J connectivity index is 3.87. The van der Waals surface area contributed by atoms with Crippen molar-refractivity contribution in [2.45, 2.75) is 46.3 Å². The maximum Gasteiger partial charge on any atom is 0.409 e. The average molecular weight is 259 g/mol. The van der Waals surface area contributed by atoms with Crippen molar-refractivity contribution in [1.82, 2.24) is 9.80 Å². The fourth-order valence-corrected chi connectivity index (χ4v) is 1.52. The summed E-state index contributed by atoms with van der Waals surface area (Å²) in [6.07, 6.45) is 0.418. The molecule has 2 atom stereocenters. The van der Waals surface area contributed by atoms with E-state index in [9.17, 15) is 4.79 Å². The summed E-state index contributed by atoms with van der Waals surface area (Å²) in [7, 11) is 1.76. The van der Waals surface area contributed by atoms with Crippen LogP contribution in [0.15, 0.2) is 0 Å². The van der Waals surface area contributed by atoms with E-state index < -0.39 is 0 Å². The minimum atomic E-state index is -0.292. The van der Waals surface area contributed by atoms with Crippen LogP contribution >= 0.6 is 0 Å². The second kappa shape index (κ2) is 9.16. The lowest BCUT2D eigenvalue weighted by atomic mass is 10.2. The topological polar surface area (TPSA) is 58.8 Å². The van der Waals surface area contributed by atoms with E-state index in [2.05, 4.69) is 18.7 Å². The summed E-state index contributed by atoms with van der Waals surface area (Å²) >= 11 is 0. The maximum atomic E-state index is 11.7. The Bertz CT molecular complexity index is 230. The molecule has 5 nitrogen and oxygen atoms in total. The van der Waals surface area contributed by atoms with E-state index in [-0.39, 0.29) is 18.2 Å². The van der Waals surface area contributed by atoms with Gasteiger partial charge < -0.3 is 20.3 Å². The minimum absolute atomic E-state index is 0.141. The van der Waals surface area contributed by atoms with Crippen molar-refractivity contribution in [2.24, 2.45) is 5.73 Å². The highest BCUT2D eigenvalue weighted by Crippen LogP contribution is 2.01. The molecule has 0 heterocycles. The molecule has 0 aliphatic heterocycles. The van der Waals surface area contributed by atoms with E-state index in [0.29, 0.717) is 6.54 Å². The summed E-state index contributed by atoms with van der Waals surface area (Å²) in [6.45, 7) is 11.7. The molecule has 0 aliphatic rings. The second-order valence-electron chi connectivity index (χ2n) is 4.75. The van der Waals surface area contributed by atoms with Gasteiger partial charge in [-0.1, -0.05) is 13.8 Å². The molecule has 2 N–H and O–H groups in total. The van der Waals surface area contributed by atoms with Crippen LogP contribution in [0.2, 0.25) is 0 Å². The summed E-state index contributed by atoms with van der Waals surface area (Å²) in [6, 6.07) is -0.141. The van der Waals surface area contributed by atoms with E-state index in [1.165, 1.54) is 0 Å². The van der Waals surface area contributed by atoms with Crippen LogP contribution < -0.4 is 5.73 Å². The Morgan fingerprint density at radius 2 is 1.78 bits per heavy atom. The van der Waals surface area contributed by atoms with Gasteiger partial charge in [-0.25, -0.2) is 4.79 Å². The molecular formula is C13H29N3O2. The Labute approximate surface area is 111 Å². The van der Waals surface area contributed by atoms with Gasteiger partial charge in [0.2, 0.25) is 0 Å². The fraction of sp³-hybridized carbons (Fsp3) is 0.923. The number of ether oxygens (including phenoxy) is 1. The quantitative estimate of drug-likeness (QED) is 0.718. The molecule has 0 saturated heterocycles. The number of hydrogen-bond acceptors (Lipinski definition) is 4. The van der Waals surface area contributed by atoms with Crippen LogP contribution in [0.4, 0.5) is 4.79 Å². The summed E-state index contributed by atoms with van der Waals surface area (Å²) in [5.74, 6) is 0. The van der Waals surface area contributed by atoms with Gasteiger partial charge in [0.15, 0.2) is 0 Å². The first-order valence-corrected chi connectivity index (χ1v) is 6.82. The highest BCUT2D eigenvalue weighted by atomic mass is 16.6. The Hall–Kier alpha value is -0.810. The van der Waals surface area contributed by atoms with Crippen molar-refractivity contribution < 1.29 is 9.53 Å². The third kappa shape index (κ3) is 6.81. The lowest BCUT2D eigenvalue weighted by Crippen LogP contribution is -2.38. The van der Waals surface area contributed by atoms with Crippen LogP contribution in [-0.4, -0.2) is 61.3 Å². The van der Waals surface area contributed by atoms with Gasteiger partial charge in [-0.05, 0) is 39.9 Å². The number of amides is 1.